The van der Waals surface area contributed by atoms with Crippen LogP contribution in [-0.4, -0.2) is 23.7 Å². The second kappa shape index (κ2) is 9.04. The van der Waals surface area contributed by atoms with Crippen LogP contribution < -0.4 is 5.32 Å². The minimum atomic E-state index is -0.896. The first-order valence-corrected chi connectivity index (χ1v) is 9.98. The van der Waals surface area contributed by atoms with Crippen molar-refractivity contribution in [3.63, 3.8) is 0 Å². The minimum Gasteiger partial charge on any atom is -0.452 e. The lowest BCUT2D eigenvalue weighted by Gasteiger charge is -2.27. The van der Waals surface area contributed by atoms with Crippen molar-refractivity contribution in [2.75, 3.05) is 5.75 Å². The molecule has 6 heteroatoms. The van der Waals surface area contributed by atoms with Crippen molar-refractivity contribution in [2.45, 2.75) is 43.2 Å². The molecule has 4 nitrogen and oxygen atoms in total. The fourth-order valence-corrected chi connectivity index (χ4v) is 3.90. The van der Waals surface area contributed by atoms with Gasteiger partial charge in [-0.15, -0.1) is 11.8 Å². The van der Waals surface area contributed by atoms with Crippen LogP contribution in [0.2, 0.25) is 0 Å². The van der Waals surface area contributed by atoms with Gasteiger partial charge in [0, 0.05) is 4.90 Å². The molecule has 0 fully saturated rings. The number of carbonyl (C=O) groups is 2. The van der Waals surface area contributed by atoms with E-state index in [1.165, 1.54) is 11.6 Å². The van der Waals surface area contributed by atoms with Gasteiger partial charge in [-0.3, -0.25) is 9.59 Å². The summed E-state index contributed by atoms with van der Waals surface area (Å²) >= 11 is 1.05. The number of hydrogen-bond acceptors (Lipinski definition) is 4. The maximum absolute atomic E-state index is 13.6. The largest absolute Gasteiger partial charge is 0.452 e. The van der Waals surface area contributed by atoms with E-state index in [1.54, 1.807) is 25.1 Å². The van der Waals surface area contributed by atoms with E-state index < -0.39 is 12.1 Å². The fourth-order valence-electron chi connectivity index (χ4n) is 3.18. The number of thioether (sulfide) groups is 1. The Bertz CT molecular complexity index is 827. The Morgan fingerprint density at radius 1 is 1.22 bits per heavy atom. The third-order valence-electron chi connectivity index (χ3n) is 4.55. The molecule has 142 valence electrons. The van der Waals surface area contributed by atoms with Crippen molar-refractivity contribution in [2.24, 2.45) is 0 Å². The zero-order chi connectivity index (χ0) is 19.2. The summed E-state index contributed by atoms with van der Waals surface area (Å²) in [7, 11) is 0. The van der Waals surface area contributed by atoms with Gasteiger partial charge in [-0.25, -0.2) is 4.39 Å². The number of fused-ring (bicyclic) bond motifs is 1. The van der Waals surface area contributed by atoms with Gasteiger partial charge in [0.25, 0.3) is 5.91 Å². The monoisotopic (exact) mass is 387 g/mol. The molecule has 1 amide bonds. The lowest BCUT2D eigenvalue weighted by Crippen LogP contribution is -2.39. The van der Waals surface area contributed by atoms with Gasteiger partial charge in [0.2, 0.25) is 0 Å². The number of amides is 1. The first-order valence-electron chi connectivity index (χ1n) is 8.99. The predicted molar refractivity (Wildman–Crippen MR) is 103 cm³/mol. The van der Waals surface area contributed by atoms with Crippen molar-refractivity contribution in [3.8, 4) is 0 Å². The second-order valence-electron chi connectivity index (χ2n) is 6.50. The summed E-state index contributed by atoms with van der Waals surface area (Å²) < 4.78 is 18.8. The van der Waals surface area contributed by atoms with Gasteiger partial charge in [-0.1, -0.05) is 36.4 Å². The Balaban J connectivity index is 1.51. The Hall–Kier alpha value is -2.34. The Labute approximate surface area is 162 Å². The molecule has 1 aliphatic rings. The number of esters is 1. The summed E-state index contributed by atoms with van der Waals surface area (Å²) in [4.78, 5) is 24.8. The highest BCUT2D eigenvalue weighted by Crippen LogP contribution is 2.29. The van der Waals surface area contributed by atoms with Crippen LogP contribution in [0, 0.1) is 5.82 Å². The van der Waals surface area contributed by atoms with E-state index in [1.807, 2.05) is 18.2 Å². The molecule has 0 aliphatic heterocycles. The molecule has 1 N–H and O–H groups in total. The van der Waals surface area contributed by atoms with Crippen molar-refractivity contribution >= 4 is 23.6 Å². The molecule has 0 radical (unpaired) electrons. The average Bonchev–Trinajstić information content (AvgIpc) is 2.67. The van der Waals surface area contributed by atoms with Gasteiger partial charge in [-0.05, 0) is 49.4 Å². The van der Waals surface area contributed by atoms with Gasteiger partial charge in [-0.2, -0.15) is 0 Å². The van der Waals surface area contributed by atoms with E-state index in [0.29, 0.717) is 4.90 Å². The van der Waals surface area contributed by atoms with Crippen molar-refractivity contribution in [1.82, 2.24) is 5.32 Å². The molecule has 0 saturated heterocycles. The van der Waals surface area contributed by atoms with Crippen LogP contribution in [0.25, 0.3) is 0 Å². The van der Waals surface area contributed by atoms with Gasteiger partial charge in [0.15, 0.2) is 6.10 Å². The van der Waals surface area contributed by atoms with E-state index in [4.69, 9.17) is 4.74 Å². The van der Waals surface area contributed by atoms with Gasteiger partial charge in [0.05, 0.1) is 11.8 Å². The second-order valence-corrected chi connectivity index (χ2v) is 7.52. The third-order valence-corrected chi connectivity index (χ3v) is 5.57. The molecule has 0 spiro atoms. The van der Waals surface area contributed by atoms with Crippen LogP contribution in [0.1, 0.15) is 36.9 Å². The standard InChI is InChI=1S/C21H22FNO3S/c1-14(26-20(24)13-27-19-12-5-4-10-17(19)22)21(25)23-18-11-6-8-15-7-2-3-9-16(15)18/h2-5,7,9-10,12,14,18H,6,8,11,13H2,1H3,(H,23,25)/t14-,18+/m0/s1. The van der Waals surface area contributed by atoms with E-state index in [0.717, 1.165) is 36.6 Å². The van der Waals surface area contributed by atoms with E-state index in [9.17, 15) is 14.0 Å². The highest BCUT2D eigenvalue weighted by Gasteiger charge is 2.25. The lowest BCUT2D eigenvalue weighted by atomic mass is 9.87. The molecule has 3 rings (SSSR count). The first-order chi connectivity index (χ1) is 13.0. The Kier molecular flexibility index (Phi) is 6.50. The SMILES string of the molecule is C[C@H](OC(=O)CSc1ccccc1F)C(=O)N[C@@H]1CCCc2ccccc21. The smallest absolute Gasteiger partial charge is 0.317 e. The summed E-state index contributed by atoms with van der Waals surface area (Å²) in [5, 5.41) is 2.98. The normalized spacial score (nSPS) is 16.9. The number of hydrogen-bond donors (Lipinski definition) is 1. The van der Waals surface area contributed by atoms with Crippen molar-refractivity contribution in [3.05, 3.63) is 65.5 Å². The first kappa shape index (κ1) is 19.4. The number of nitrogens with one attached hydrogen (secondary N) is 1. The zero-order valence-electron chi connectivity index (χ0n) is 15.1. The molecule has 0 heterocycles. The maximum atomic E-state index is 13.6. The molecule has 0 bridgehead atoms. The molecule has 0 saturated carbocycles. The number of carbonyl (C=O) groups excluding carboxylic acids is 2. The summed E-state index contributed by atoms with van der Waals surface area (Å²) in [5.41, 5.74) is 2.38. The summed E-state index contributed by atoms with van der Waals surface area (Å²) in [6.07, 6.45) is 2.00. The maximum Gasteiger partial charge on any atom is 0.317 e. The fraction of sp³-hybridized carbons (Fsp3) is 0.333. The topological polar surface area (TPSA) is 55.4 Å². The predicted octanol–water partition coefficient (Wildman–Crippen LogP) is 4.04. The van der Waals surface area contributed by atoms with Crippen molar-refractivity contribution < 1.29 is 18.7 Å². The minimum absolute atomic E-state index is 0.0508. The summed E-state index contributed by atoms with van der Waals surface area (Å²) in [6, 6.07) is 14.3. The lowest BCUT2D eigenvalue weighted by molar-refractivity contribution is -0.152. The molecule has 2 aromatic rings. The molecule has 0 aromatic heterocycles. The van der Waals surface area contributed by atoms with Crippen LogP contribution in [0.4, 0.5) is 4.39 Å². The molecular weight excluding hydrogens is 365 g/mol. The summed E-state index contributed by atoms with van der Waals surface area (Å²) in [5.74, 6) is -1.29. The molecule has 1 aliphatic carbocycles. The van der Waals surface area contributed by atoms with E-state index in [-0.39, 0.29) is 23.5 Å². The van der Waals surface area contributed by atoms with Crippen LogP contribution in [0.3, 0.4) is 0 Å². The zero-order valence-corrected chi connectivity index (χ0v) is 15.9. The molecule has 27 heavy (non-hydrogen) atoms. The van der Waals surface area contributed by atoms with Gasteiger partial charge >= 0.3 is 5.97 Å². The molecule has 2 aromatic carbocycles. The van der Waals surface area contributed by atoms with Crippen LogP contribution in [0.5, 0.6) is 0 Å². The number of benzene rings is 2. The van der Waals surface area contributed by atoms with E-state index in [2.05, 4.69) is 11.4 Å². The molecule has 2 atom stereocenters. The average molecular weight is 387 g/mol. The Morgan fingerprint density at radius 3 is 2.78 bits per heavy atom. The number of ether oxygens (including phenoxy) is 1. The summed E-state index contributed by atoms with van der Waals surface area (Å²) in [6.45, 7) is 1.55. The quantitative estimate of drug-likeness (QED) is 0.600. The van der Waals surface area contributed by atoms with Crippen LogP contribution in [0.15, 0.2) is 53.4 Å². The third kappa shape index (κ3) is 5.10. The molecule has 0 unspecified atom stereocenters. The van der Waals surface area contributed by atoms with Gasteiger partial charge in [0.1, 0.15) is 5.82 Å². The number of aryl methyl sites for hydroxylation is 1. The Morgan fingerprint density at radius 2 is 1.96 bits per heavy atom. The molecular formula is C21H22FNO3S. The van der Waals surface area contributed by atoms with Crippen LogP contribution >= 0.6 is 11.8 Å². The number of rotatable bonds is 6. The van der Waals surface area contributed by atoms with Gasteiger partial charge < -0.3 is 10.1 Å². The van der Waals surface area contributed by atoms with E-state index >= 15 is 0 Å². The highest BCUT2D eigenvalue weighted by molar-refractivity contribution is 8.00. The van der Waals surface area contributed by atoms with Crippen molar-refractivity contribution in [1.29, 1.82) is 0 Å². The number of halogens is 1. The highest BCUT2D eigenvalue weighted by atomic mass is 32.2. The van der Waals surface area contributed by atoms with Crippen LogP contribution in [-0.2, 0) is 20.7 Å².